The number of rotatable bonds is 6. The van der Waals surface area contributed by atoms with Crippen LogP contribution in [0.25, 0.3) is 0 Å². The second-order valence-corrected chi connectivity index (χ2v) is 8.87. The van der Waals surface area contributed by atoms with Gasteiger partial charge in [-0.2, -0.15) is 0 Å². The van der Waals surface area contributed by atoms with Gasteiger partial charge in [0.1, 0.15) is 6.29 Å². The zero-order chi connectivity index (χ0) is 24.0. The second kappa shape index (κ2) is 10.3. The molecule has 0 atom stereocenters. The number of likely N-dealkylation sites (N-methyl/N-ethyl adjacent to an activating group) is 1. The first-order valence-corrected chi connectivity index (χ1v) is 11.1. The third-order valence-corrected chi connectivity index (χ3v) is 5.98. The van der Waals surface area contributed by atoms with Crippen LogP contribution in [0.2, 0.25) is 0 Å². The average molecular weight is 438 g/mol. The van der Waals surface area contributed by atoms with E-state index in [-0.39, 0.29) is 11.2 Å². The lowest BCUT2D eigenvalue weighted by molar-refractivity contribution is -0.111. The number of allylic oxidation sites excluding steroid dienone is 16. The molecule has 1 aromatic rings. The van der Waals surface area contributed by atoms with Crippen LogP contribution in [0.3, 0.4) is 0 Å². The van der Waals surface area contributed by atoms with Crippen molar-refractivity contribution in [2.75, 3.05) is 11.9 Å². The van der Waals surface area contributed by atoms with E-state index in [2.05, 4.69) is 56.1 Å². The molecule has 1 heterocycles. The summed E-state index contributed by atoms with van der Waals surface area (Å²) in [5, 5.41) is 0. The van der Waals surface area contributed by atoms with Gasteiger partial charge in [0, 0.05) is 29.4 Å². The number of anilines is 1. The number of aldehydes is 1. The molecule has 0 aromatic heterocycles. The summed E-state index contributed by atoms with van der Waals surface area (Å²) in [6, 6.07) is 8.43. The summed E-state index contributed by atoms with van der Waals surface area (Å²) in [4.78, 5) is 25.2. The van der Waals surface area contributed by atoms with Crippen LogP contribution < -0.4 is 4.90 Å². The first kappa shape index (κ1) is 23.9. The van der Waals surface area contributed by atoms with Gasteiger partial charge in [0.15, 0.2) is 5.78 Å². The second-order valence-electron chi connectivity index (χ2n) is 8.87. The molecule has 1 aromatic carbocycles. The Hall–Kier alpha value is -3.72. The smallest absolute Gasteiger partial charge is 0.185 e. The minimum Gasteiger partial charge on any atom is -0.347 e. The summed E-state index contributed by atoms with van der Waals surface area (Å²) in [5.41, 5.74) is 7.13. The van der Waals surface area contributed by atoms with Crippen LogP contribution in [0.5, 0.6) is 0 Å². The van der Waals surface area contributed by atoms with Gasteiger partial charge in [-0.1, -0.05) is 74.1 Å². The first-order valence-electron chi connectivity index (χ1n) is 11.1. The molecule has 0 radical (unpaired) electrons. The maximum atomic E-state index is 12.5. The molecule has 0 saturated heterocycles. The number of para-hydroxylation sites is 1. The lowest BCUT2D eigenvalue weighted by Crippen LogP contribution is -2.22. The van der Waals surface area contributed by atoms with E-state index >= 15 is 0 Å². The van der Waals surface area contributed by atoms with Gasteiger partial charge in [-0.25, -0.2) is 0 Å². The van der Waals surface area contributed by atoms with Crippen LogP contribution in [0.1, 0.15) is 33.3 Å². The SMILES string of the molecule is CC(/C=C/C=C(C)/C=C/C1=CC(=C/C=C2/N(C)c3ccccc3C2(C)C)/C(=O)C=C1)=C\C=O. The lowest BCUT2D eigenvalue weighted by Gasteiger charge is -2.23. The zero-order valence-electron chi connectivity index (χ0n) is 20.0. The van der Waals surface area contributed by atoms with Crippen LogP contribution in [0.15, 0.2) is 119 Å². The van der Waals surface area contributed by atoms with E-state index in [9.17, 15) is 9.59 Å². The molecule has 0 fully saturated rings. The highest BCUT2D eigenvalue weighted by Gasteiger charge is 2.37. The molecule has 1 aliphatic carbocycles. The van der Waals surface area contributed by atoms with Gasteiger partial charge < -0.3 is 4.90 Å². The highest BCUT2D eigenvalue weighted by Crippen LogP contribution is 2.46. The van der Waals surface area contributed by atoms with Crippen LogP contribution in [0.4, 0.5) is 5.69 Å². The predicted octanol–water partition coefficient (Wildman–Crippen LogP) is 6.49. The maximum absolute atomic E-state index is 12.5. The third-order valence-electron chi connectivity index (χ3n) is 5.98. The molecular weight excluding hydrogens is 406 g/mol. The van der Waals surface area contributed by atoms with Crippen molar-refractivity contribution in [3.05, 3.63) is 125 Å². The number of benzene rings is 1. The van der Waals surface area contributed by atoms with E-state index in [4.69, 9.17) is 0 Å². The number of hydrogen-bond donors (Lipinski definition) is 0. The fraction of sp³-hybridized carbons (Fsp3) is 0.200. The predicted molar refractivity (Wildman–Crippen MR) is 138 cm³/mol. The first-order chi connectivity index (χ1) is 15.7. The van der Waals surface area contributed by atoms with Crippen molar-refractivity contribution in [2.45, 2.75) is 33.1 Å². The Bertz CT molecular complexity index is 1190. The van der Waals surface area contributed by atoms with Gasteiger partial charge >= 0.3 is 0 Å². The molecule has 33 heavy (non-hydrogen) atoms. The Balaban J connectivity index is 1.81. The van der Waals surface area contributed by atoms with Crippen molar-refractivity contribution in [1.82, 2.24) is 0 Å². The van der Waals surface area contributed by atoms with Crippen LogP contribution in [-0.4, -0.2) is 19.1 Å². The molecule has 1 aliphatic heterocycles. The Morgan fingerprint density at radius 2 is 1.70 bits per heavy atom. The standard InChI is InChI=1S/C30H31NO2/c1-22(9-8-10-23(2)19-20-32)13-14-24-15-17-28(33)25(21-24)16-18-29-30(3,4)26-11-6-7-12-27(26)31(29)5/h6-21H,1-5H3/b10-8+,14-13+,22-9+,23-19+,25-16-,29-18+. The summed E-state index contributed by atoms with van der Waals surface area (Å²) in [6.45, 7) is 8.32. The van der Waals surface area contributed by atoms with Crippen LogP contribution >= 0.6 is 0 Å². The van der Waals surface area contributed by atoms with Gasteiger partial charge in [0.2, 0.25) is 0 Å². The average Bonchev–Trinajstić information content (AvgIpc) is 2.98. The van der Waals surface area contributed by atoms with Crippen LogP contribution in [0, 0.1) is 0 Å². The molecule has 0 bridgehead atoms. The van der Waals surface area contributed by atoms with Crippen molar-refractivity contribution in [3.63, 3.8) is 0 Å². The van der Waals surface area contributed by atoms with Crippen molar-refractivity contribution in [2.24, 2.45) is 0 Å². The minimum absolute atomic E-state index is 0.00704. The summed E-state index contributed by atoms with van der Waals surface area (Å²) in [5.74, 6) is 0.00704. The Labute approximate surface area is 197 Å². The molecule has 168 valence electrons. The van der Waals surface area contributed by atoms with Gasteiger partial charge in [-0.15, -0.1) is 0 Å². The summed E-state index contributed by atoms with van der Waals surface area (Å²) in [7, 11) is 2.07. The molecule has 0 saturated carbocycles. The van der Waals surface area contributed by atoms with E-state index in [0.717, 1.165) is 28.7 Å². The van der Waals surface area contributed by atoms with Crippen LogP contribution in [-0.2, 0) is 15.0 Å². The molecule has 0 spiro atoms. The maximum Gasteiger partial charge on any atom is 0.185 e. The largest absolute Gasteiger partial charge is 0.347 e. The topological polar surface area (TPSA) is 37.4 Å². The van der Waals surface area contributed by atoms with E-state index < -0.39 is 0 Å². The van der Waals surface area contributed by atoms with Crippen molar-refractivity contribution < 1.29 is 9.59 Å². The Morgan fingerprint density at radius 1 is 0.970 bits per heavy atom. The number of ketones is 1. The van der Waals surface area contributed by atoms with E-state index in [0.29, 0.717) is 5.57 Å². The zero-order valence-corrected chi connectivity index (χ0v) is 20.0. The molecule has 0 unspecified atom stereocenters. The molecule has 0 N–H and O–H groups in total. The number of nitrogens with zero attached hydrogens (tertiary/aromatic N) is 1. The van der Waals surface area contributed by atoms with Crippen molar-refractivity contribution in [3.8, 4) is 0 Å². The molecule has 3 rings (SSSR count). The lowest BCUT2D eigenvalue weighted by atomic mass is 9.83. The summed E-state index contributed by atoms with van der Waals surface area (Å²) in [6.07, 6.45) is 21.5. The monoisotopic (exact) mass is 437 g/mol. The number of fused-ring (bicyclic) bond motifs is 1. The van der Waals surface area contributed by atoms with Gasteiger partial charge in [0.25, 0.3) is 0 Å². The Morgan fingerprint density at radius 3 is 2.42 bits per heavy atom. The molecule has 0 amide bonds. The minimum atomic E-state index is -0.128. The van der Waals surface area contributed by atoms with E-state index in [1.807, 2.05) is 62.5 Å². The fourth-order valence-corrected chi connectivity index (χ4v) is 4.07. The summed E-state index contributed by atoms with van der Waals surface area (Å²) < 4.78 is 0. The Kier molecular flexibility index (Phi) is 7.44. The van der Waals surface area contributed by atoms with Gasteiger partial charge in [-0.3, -0.25) is 9.59 Å². The molecular formula is C30H31NO2. The van der Waals surface area contributed by atoms with Crippen molar-refractivity contribution >= 4 is 17.8 Å². The normalized spacial score (nSPS) is 20.9. The molecule has 3 nitrogen and oxygen atoms in total. The van der Waals surface area contributed by atoms with Gasteiger partial charge in [-0.05, 0) is 67.0 Å². The van der Waals surface area contributed by atoms with E-state index in [1.165, 1.54) is 17.3 Å². The molecule has 2 aliphatic rings. The highest BCUT2D eigenvalue weighted by atomic mass is 16.1. The summed E-state index contributed by atoms with van der Waals surface area (Å²) >= 11 is 0. The van der Waals surface area contributed by atoms with E-state index in [1.54, 1.807) is 6.08 Å². The fourth-order valence-electron chi connectivity index (χ4n) is 4.07. The quantitative estimate of drug-likeness (QED) is 0.290. The number of carbonyl (C=O) groups excluding carboxylic acids is 2. The number of carbonyl (C=O) groups is 2. The number of hydrogen-bond acceptors (Lipinski definition) is 3. The third kappa shape index (κ3) is 5.56. The highest BCUT2D eigenvalue weighted by molar-refractivity contribution is 6.08. The van der Waals surface area contributed by atoms with Gasteiger partial charge in [0.05, 0.1) is 0 Å². The molecule has 3 heteroatoms. The van der Waals surface area contributed by atoms with Crippen molar-refractivity contribution in [1.29, 1.82) is 0 Å².